The van der Waals surface area contributed by atoms with E-state index in [-0.39, 0.29) is 5.96 Å². The van der Waals surface area contributed by atoms with E-state index in [0.717, 1.165) is 88.3 Å². The summed E-state index contributed by atoms with van der Waals surface area (Å²) in [5, 5.41) is 11.7. The topological polar surface area (TPSA) is 132 Å². The highest BCUT2D eigenvalue weighted by atomic mass is 16.5. The van der Waals surface area contributed by atoms with E-state index in [2.05, 4.69) is 15.3 Å². The van der Waals surface area contributed by atoms with Crippen LogP contribution < -0.4 is 27.1 Å². The van der Waals surface area contributed by atoms with Crippen molar-refractivity contribution in [1.29, 1.82) is 5.41 Å². The Kier molecular flexibility index (Phi) is 9.87. The van der Waals surface area contributed by atoms with Gasteiger partial charge in [0.05, 0.1) is 6.61 Å². The second-order valence-corrected chi connectivity index (χ2v) is 8.32. The van der Waals surface area contributed by atoms with Gasteiger partial charge in [0.2, 0.25) is 5.62 Å². The number of ether oxygens (including phenoxy) is 1. The lowest BCUT2D eigenvalue weighted by Crippen LogP contribution is -2.30. The molecule has 9 heteroatoms. The van der Waals surface area contributed by atoms with Crippen molar-refractivity contribution in [2.45, 2.75) is 58.0 Å². The first-order valence-electron chi connectivity index (χ1n) is 12.0. The first-order chi connectivity index (χ1) is 16.1. The van der Waals surface area contributed by atoms with Crippen LogP contribution in [0.2, 0.25) is 0 Å². The number of rotatable bonds is 14. The van der Waals surface area contributed by atoms with Crippen LogP contribution in [-0.2, 0) is 13.1 Å². The maximum Gasteiger partial charge on any atom is 0.202 e. The van der Waals surface area contributed by atoms with Gasteiger partial charge < -0.3 is 30.7 Å². The Labute approximate surface area is 196 Å². The molecule has 0 aliphatic carbocycles. The Morgan fingerprint density at radius 2 is 1.70 bits per heavy atom. The number of benzene rings is 1. The van der Waals surface area contributed by atoms with E-state index in [4.69, 9.17) is 21.6 Å². The average Bonchev–Trinajstić information content (AvgIpc) is 3.18. The molecule has 1 aromatic heterocycles. The summed E-state index contributed by atoms with van der Waals surface area (Å²) in [7, 11) is 0. The van der Waals surface area contributed by atoms with Crippen molar-refractivity contribution in [1.82, 2.24) is 14.5 Å². The molecule has 6 N–H and O–H groups in total. The number of imidazole rings is 1. The van der Waals surface area contributed by atoms with E-state index >= 15 is 0 Å². The highest BCUT2D eigenvalue weighted by molar-refractivity contribution is 5.99. The van der Waals surface area contributed by atoms with Crippen molar-refractivity contribution < 1.29 is 4.74 Å². The van der Waals surface area contributed by atoms with Crippen LogP contribution in [0.3, 0.4) is 0 Å². The summed E-state index contributed by atoms with van der Waals surface area (Å²) in [5.41, 5.74) is 12.3. The molecule has 2 aromatic rings. The first kappa shape index (κ1) is 24.4. The maximum absolute atomic E-state index is 8.39. The summed E-state index contributed by atoms with van der Waals surface area (Å²) < 4.78 is 9.88. The van der Waals surface area contributed by atoms with Crippen molar-refractivity contribution in [3.05, 3.63) is 47.8 Å². The number of nitrogens with one attached hydrogen (secondary N) is 2. The fourth-order valence-corrected chi connectivity index (χ4v) is 3.82. The highest BCUT2D eigenvalue weighted by Crippen LogP contribution is 2.13. The number of aromatic nitrogens is 2. The molecule has 0 saturated heterocycles. The molecule has 2 heterocycles. The van der Waals surface area contributed by atoms with E-state index in [1.54, 1.807) is 0 Å². The fourth-order valence-electron chi connectivity index (χ4n) is 3.82. The highest BCUT2D eigenvalue weighted by Gasteiger charge is 2.07. The molecule has 0 radical (unpaired) electrons. The molecule has 0 fully saturated rings. The number of unbranched alkanes of at least 4 members (excludes halogenated alkanes) is 4. The van der Waals surface area contributed by atoms with Crippen molar-refractivity contribution in [2.75, 3.05) is 26.2 Å². The van der Waals surface area contributed by atoms with E-state index in [9.17, 15) is 0 Å². The van der Waals surface area contributed by atoms with Gasteiger partial charge in [-0.1, -0.05) is 19.3 Å². The summed E-state index contributed by atoms with van der Waals surface area (Å²) in [5.74, 6) is 2.00. The van der Waals surface area contributed by atoms with E-state index in [1.807, 2.05) is 45.8 Å². The molecule has 33 heavy (non-hydrogen) atoms. The monoisotopic (exact) mass is 454 g/mol. The summed E-state index contributed by atoms with van der Waals surface area (Å²) in [6.07, 6.45) is 11.5. The average molecular weight is 455 g/mol. The molecule has 1 aromatic carbocycles. The zero-order valence-corrected chi connectivity index (χ0v) is 19.5. The molecule has 3 rings (SSSR count). The summed E-state index contributed by atoms with van der Waals surface area (Å²) >= 11 is 0. The van der Waals surface area contributed by atoms with Crippen molar-refractivity contribution in [3.8, 4) is 5.75 Å². The van der Waals surface area contributed by atoms with Crippen molar-refractivity contribution >= 4 is 11.8 Å². The fraction of sp³-hybridized carbons (Fsp3) is 0.542. The van der Waals surface area contributed by atoms with Crippen LogP contribution in [0.25, 0.3) is 0 Å². The molecule has 0 unspecified atom stereocenters. The largest absolute Gasteiger partial charge is 0.494 e. The number of amidine groups is 1. The molecule has 0 bridgehead atoms. The second-order valence-electron chi connectivity index (χ2n) is 8.32. The SMILES string of the molecule is N=c1n(CCCCCCCN=C(N)N)ccn1CCCOc1ccc(C2=NCCCN2)cc1. The third-order valence-electron chi connectivity index (χ3n) is 5.66. The molecule has 0 atom stereocenters. The number of nitrogens with two attached hydrogens (primary N) is 2. The van der Waals surface area contributed by atoms with E-state index < -0.39 is 0 Å². The molecule has 1 aliphatic heterocycles. The van der Waals surface area contributed by atoms with Gasteiger partial charge in [-0.2, -0.15) is 0 Å². The number of nitrogens with zero attached hydrogens (tertiary/aromatic N) is 4. The first-order valence-corrected chi connectivity index (χ1v) is 12.0. The minimum absolute atomic E-state index is 0.169. The van der Waals surface area contributed by atoms with Crippen molar-refractivity contribution in [3.63, 3.8) is 0 Å². The third kappa shape index (κ3) is 8.32. The molecular formula is C24H38N8O. The molecule has 180 valence electrons. The predicted octanol–water partition coefficient (Wildman–Crippen LogP) is 2.20. The number of aliphatic imine (C=N–C) groups is 2. The van der Waals surface area contributed by atoms with Gasteiger partial charge in [0.25, 0.3) is 0 Å². The van der Waals surface area contributed by atoms with E-state index in [0.29, 0.717) is 18.8 Å². The van der Waals surface area contributed by atoms with Gasteiger partial charge in [-0.25, -0.2) is 0 Å². The summed E-state index contributed by atoms with van der Waals surface area (Å²) in [6.45, 7) is 4.85. The molecule has 9 nitrogen and oxygen atoms in total. The minimum Gasteiger partial charge on any atom is -0.494 e. The smallest absolute Gasteiger partial charge is 0.202 e. The maximum atomic E-state index is 8.39. The molecule has 0 saturated carbocycles. The summed E-state index contributed by atoms with van der Waals surface area (Å²) in [6, 6.07) is 8.09. The van der Waals surface area contributed by atoms with Gasteiger partial charge in [0.1, 0.15) is 11.6 Å². The van der Waals surface area contributed by atoms with Gasteiger partial charge in [0, 0.05) is 50.7 Å². The van der Waals surface area contributed by atoms with Gasteiger partial charge in [-0.3, -0.25) is 15.4 Å². The lowest BCUT2D eigenvalue weighted by Gasteiger charge is -2.15. The predicted molar refractivity (Wildman–Crippen MR) is 133 cm³/mol. The Balaban J connectivity index is 1.31. The molecule has 0 spiro atoms. The van der Waals surface area contributed by atoms with Crippen LogP contribution in [0.5, 0.6) is 5.75 Å². The molecular weight excluding hydrogens is 416 g/mol. The van der Waals surface area contributed by atoms with Crippen molar-refractivity contribution in [2.24, 2.45) is 21.5 Å². The van der Waals surface area contributed by atoms with E-state index in [1.165, 1.54) is 0 Å². The van der Waals surface area contributed by atoms with Crippen LogP contribution in [0.1, 0.15) is 50.5 Å². The van der Waals surface area contributed by atoms with Gasteiger partial charge in [-0.15, -0.1) is 0 Å². The lowest BCUT2D eigenvalue weighted by atomic mass is 10.1. The van der Waals surface area contributed by atoms with Gasteiger partial charge in [-0.05, 0) is 49.9 Å². The number of hydrogen-bond donors (Lipinski definition) is 4. The number of hydrogen-bond acceptors (Lipinski definition) is 5. The molecule has 0 amide bonds. The minimum atomic E-state index is 0.169. The zero-order valence-electron chi connectivity index (χ0n) is 19.5. The Bertz CT molecular complexity index is 954. The van der Waals surface area contributed by atoms with Crippen LogP contribution in [0, 0.1) is 5.41 Å². The van der Waals surface area contributed by atoms with Gasteiger partial charge in [0.15, 0.2) is 5.96 Å². The van der Waals surface area contributed by atoms with Crippen LogP contribution in [0.15, 0.2) is 46.6 Å². The van der Waals surface area contributed by atoms with Crippen LogP contribution >= 0.6 is 0 Å². The Morgan fingerprint density at radius 1 is 1.00 bits per heavy atom. The van der Waals surface area contributed by atoms with Gasteiger partial charge >= 0.3 is 0 Å². The quantitative estimate of drug-likeness (QED) is 0.198. The number of aryl methyl sites for hydroxylation is 2. The normalized spacial score (nSPS) is 13.3. The standard InChI is InChI=1S/C24H38N8O/c25-23(26)30-12-4-2-1-3-5-15-31-17-18-32(24(31)27)16-7-19-33-21-10-8-20(9-11-21)22-28-13-6-14-29-22/h8-11,17-18,27H,1-7,12-16,19H2,(H,28,29)(H4,25,26,30). The third-order valence-corrected chi connectivity index (χ3v) is 5.66. The Morgan fingerprint density at radius 3 is 2.39 bits per heavy atom. The number of guanidine groups is 1. The lowest BCUT2D eigenvalue weighted by molar-refractivity contribution is 0.300. The van der Waals surface area contributed by atoms with Crippen LogP contribution in [0.4, 0.5) is 0 Å². The summed E-state index contributed by atoms with van der Waals surface area (Å²) in [4.78, 5) is 8.52. The second kappa shape index (κ2) is 13.3. The Hall–Kier alpha value is -3.23. The molecule has 1 aliphatic rings. The zero-order chi connectivity index (χ0) is 23.3. The van der Waals surface area contributed by atoms with Crippen LogP contribution in [-0.4, -0.2) is 47.2 Å².